The highest BCUT2D eigenvalue weighted by molar-refractivity contribution is 6.08. The van der Waals surface area contributed by atoms with E-state index in [1.54, 1.807) is 13.4 Å². The third-order valence-electron chi connectivity index (χ3n) is 3.88. The van der Waals surface area contributed by atoms with Gasteiger partial charge in [-0.2, -0.15) is 0 Å². The van der Waals surface area contributed by atoms with E-state index in [1.165, 1.54) is 0 Å². The molecule has 0 aliphatic carbocycles. The number of morpholine rings is 1. The Balaban J connectivity index is 1.91. The summed E-state index contributed by atoms with van der Waals surface area (Å²) in [5.41, 5.74) is 2.94. The molecular formula is C15H16N4O2. The standard InChI is InChI=1S/C15H16N4O2/c1-20-10-2-3-11-12(8-10)18-14-13(11)16-9-17-15(14)19-4-6-21-7-5-19/h2-3,8-9,18H,4-7H2,1H3. The number of aromatic amines is 1. The molecule has 108 valence electrons. The van der Waals surface area contributed by atoms with Gasteiger partial charge in [-0.1, -0.05) is 0 Å². The van der Waals surface area contributed by atoms with Gasteiger partial charge in [0.1, 0.15) is 23.1 Å². The molecule has 0 spiro atoms. The zero-order valence-electron chi connectivity index (χ0n) is 11.8. The lowest BCUT2D eigenvalue weighted by Crippen LogP contribution is -2.36. The molecular weight excluding hydrogens is 268 g/mol. The Bertz CT molecular complexity index is 793. The molecule has 1 N–H and O–H groups in total. The lowest BCUT2D eigenvalue weighted by Gasteiger charge is -2.27. The zero-order valence-corrected chi connectivity index (χ0v) is 11.8. The molecule has 6 heteroatoms. The van der Waals surface area contributed by atoms with E-state index in [0.717, 1.165) is 59.8 Å². The van der Waals surface area contributed by atoms with Crippen molar-refractivity contribution in [3.8, 4) is 5.75 Å². The van der Waals surface area contributed by atoms with Crippen molar-refractivity contribution in [1.82, 2.24) is 15.0 Å². The number of methoxy groups -OCH3 is 1. The Morgan fingerprint density at radius 1 is 1.24 bits per heavy atom. The zero-order chi connectivity index (χ0) is 14.2. The minimum atomic E-state index is 0.736. The summed E-state index contributed by atoms with van der Waals surface area (Å²) in [5.74, 6) is 1.77. The van der Waals surface area contributed by atoms with Gasteiger partial charge in [-0.15, -0.1) is 0 Å². The molecule has 0 bridgehead atoms. The normalized spacial score (nSPS) is 15.8. The highest BCUT2D eigenvalue weighted by atomic mass is 16.5. The fourth-order valence-electron chi connectivity index (χ4n) is 2.81. The van der Waals surface area contributed by atoms with Crippen LogP contribution in [0.2, 0.25) is 0 Å². The first kappa shape index (κ1) is 12.4. The predicted molar refractivity (Wildman–Crippen MR) is 81.0 cm³/mol. The molecule has 0 atom stereocenters. The molecule has 21 heavy (non-hydrogen) atoms. The van der Waals surface area contributed by atoms with Crippen molar-refractivity contribution in [3.05, 3.63) is 24.5 Å². The number of benzene rings is 1. The average Bonchev–Trinajstić information content (AvgIpc) is 2.93. The van der Waals surface area contributed by atoms with Gasteiger partial charge in [0.05, 0.1) is 25.8 Å². The second kappa shape index (κ2) is 4.89. The lowest BCUT2D eigenvalue weighted by molar-refractivity contribution is 0.122. The first-order valence-corrected chi connectivity index (χ1v) is 7.00. The molecule has 2 aromatic heterocycles. The molecule has 4 rings (SSSR count). The second-order valence-electron chi connectivity index (χ2n) is 5.06. The molecule has 1 aromatic carbocycles. The molecule has 3 heterocycles. The summed E-state index contributed by atoms with van der Waals surface area (Å²) in [5, 5.41) is 1.09. The molecule has 0 saturated carbocycles. The Labute approximate surface area is 121 Å². The Kier molecular flexibility index (Phi) is 2.89. The van der Waals surface area contributed by atoms with E-state index in [1.807, 2.05) is 18.2 Å². The van der Waals surface area contributed by atoms with Gasteiger partial charge >= 0.3 is 0 Å². The summed E-state index contributed by atoms with van der Waals surface area (Å²) in [6.07, 6.45) is 1.63. The van der Waals surface area contributed by atoms with Crippen LogP contribution in [0.4, 0.5) is 5.82 Å². The topological polar surface area (TPSA) is 63.3 Å². The first-order valence-electron chi connectivity index (χ1n) is 7.00. The van der Waals surface area contributed by atoms with Gasteiger partial charge in [0, 0.05) is 24.5 Å². The second-order valence-corrected chi connectivity index (χ2v) is 5.06. The van der Waals surface area contributed by atoms with Gasteiger partial charge in [0.15, 0.2) is 5.82 Å². The number of hydrogen-bond acceptors (Lipinski definition) is 5. The molecule has 1 aliphatic heterocycles. The van der Waals surface area contributed by atoms with E-state index < -0.39 is 0 Å². The average molecular weight is 284 g/mol. The van der Waals surface area contributed by atoms with Gasteiger partial charge in [-0.25, -0.2) is 9.97 Å². The van der Waals surface area contributed by atoms with Crippen LogP contribution in [0.15, 0.2) is 24.5 Å². The quantitative estimate of drug-likeness (QED) is 0.779. The number of nitrogens with zero attached hydrogens (tertiary/aromatic N) is 3. The molecule has 0 radical (unpaired) electrons. The summed E-state index contributed by atoms with van der Waals surface area (Å²) >= 11 is 0. The largest absolute Gasteiger partial charge is 0.497 e. The van der Waals surface area contributed by atoms with Crippen molar-refractivity contribution < 1.29 is 9.47 Å². The number of fused-ring (bicyclic) bond motifs is 3. The van der Waals surface area contributed by atoms with Gasteiger partial charge in [-0.05, 0) is 12.1 Å². The maximum absolute atomic E-state index is 5.41. The lowest BCUT2D eigenvalue weighted by atomic mass is 10.2. The smallest absolute Gasteiger partial charge is 0.156 e. The fraction of sp³-hybridized carbons (Fsp3) is 0.333. The SMILES string of the molecule is COc1ccc2c(c1)[nH]c1c(N3CCOCC3)ncnc12. The highest BCUT2D eigenvalue weighted by Gasteiger charge is 2.18. The van der Waals surface area contributed by atoms with E-state index in [0.29, 0.717) is 0 Å². The number of H-pyrrole nitrogens is 1. The number of rotatable bonds is 2. The van der Waals surface area contributed by atoms with E-state index in [-0.39, 0.29) is 0 Å². The van der Waals surface area contributed by atoms with E-state index in [2.05, 4.69) is 19.9 Å². The Hall–Kier alpha value is -2.34. The van der Waals surface area contributed by atoms with Gasteiger partial charge in [0.2, 0.25) is 0 Å². The van der Waals surface area contributed by atoms with Crippen LogP contribution >= 0.6 is 0 Å². The maximum atomic E-state index is 5.41. The monoisotopic (exact) mass is 284 g/mol. The number of nitrogens with one attached hydrogen (secondary N) is 1. The van der Waals surface area contributed by atoms with Crippen molar-refractivity contribution in [2.45, 2.75) is 0 Å². The van der Waals surface area contributed by atoms with Crippen LogP contribution in [-0.4, -0.2) is 48.4 Å². The minimum absolute atomic E-state index is 0.736. The van der Waals surface area contributed by atoms with Crippen LogP contribution in [0.1, 0.15) is 0 Å². The molecule has 6 nitrogen and oxygen atoms in total. The number of aromatic nitrogens is 3. The first-order chi connectivity index (χ1) is 10.4. The van der Waals surface area contributed by atoms with Crippen molar-refractivity contribution in [2.24, 2.45) is 0 Å². The van der Waals surface area contributed by atoms with Crippen LogP contribution in [0.5, 0.6) is 5.75 Å². The van der Waals surface area contributed by atoms with E-state index in [4.69, 9.17) is 9.47 Å². The van der Waals surface area contributed by atoms with Gasteiger partial charge in [0.25, 0.3) is 0 Å². The van der Waals surface area contributed by atoms with Crippen LogP contribution in [0, 0.1) is 0 Å². The Morgan fingerprint density at radius 2 is 2.10 bits per heavy atom. The molecule has 1 saturated heterocycles. The number of anilines is 1. The number of ether oxygens (including phenoxy) is 2. The van der Waals surface area contributed by atoms with Crippen LogP contribution in [0.3, 0.4) is 0 Å². The number of hydrogen-bond donors (Lipinski definition) is 1. The van der Waals surface area contributed by atoms with Crippen molar-refractivity contribution in [3.63, 3.8) is 0 Å². The molecule has 0 amide bonds. The summed E-state index contributed by atoms with van der Waals surface area (Å²) < 4.78 is 10.7. The maximum Gasteiger partial charge on any atom is 0.156 e. The summed E-state index contributed by atoms with van der Waals surface area (Å²) in [6, 6.07) is 5.97. The van der Waals surface area contributed by atoms with E-state index in [9.17, 15) is 0 Å². The van der Waals surface area contributed by atoms with E-state index >= 15 is 0 Å². The summed E-state index contributed by atoms with van der Waals surface area (Å²) in [6.45, 7) is 3.18. The van der Waals surface area contributed by atoms with Crippen molar-refractivity contribution >= 4 is 27.8 Å². The van der Waals surface area contributed by atoms with Crippen molar-refractivity contribution in [1.29, 1.82) is 0 Å². The van der Waals surface area contributed by atoms with Crippen LogP contribution in [-0.2, 0) is 4.74 Å². The third-order valence-corrected chi connectivity index (χ3v) is 3.88. The van der Waals surface area contributed by atoms with Crippen LogP contribution < -0.4 is 9.64 Å². The minimum Gasteiger partial charge on any atom is -0.497 e. The molecule has 1 aliphatic rings. The summed E-state index contributed by atoms with van der Waals surface area (Å²) in [7, 11) is 1.67. The van der Waals surface area contributed by atoms with Gasteiger partial charge < -0.3 is 19.4 Å². The van der Waals surface area contributed by atoms with Gasteiger partial charge in [-0.3, -0.25) is 0 Å². The molecule has 3 aromatic rings. The fourth-order valence-corrected chi connectivity index (χ4v) is 2.81. The Morgan fingerprint density at radius 3 is 2.90 bits per heavy atom. The van der Waals surface area contributed by atoms with Crippen LogP contribution in [0.25, 0.3) is 21.9 Å². The third kappa shape index (κ3) is 1.99. The predicted octanol–water partition coefficient (Wildman–Crippen LogP) is 1.96. The summed E-state index contributed by atoms with van der Waals surface area (Å²) in [4.78, 5) is 14.6. The van der Waals surface area contributed by atoms with Crippen molar-refractivity contribution in [2.75, 3.05) is 38.3 Å². The molecule has 0 unspecified atom stereocenters. The highest BCUT2D eigenvalue weighted by Crippen LogP contribution is 2.31. The molecule has 1 fully saturated rings.